The Morgan fingerprint density at radius 1 is 1.04 bits per heavy atom. The number of phosphoric ester groups is 1. The van der Waals surface area contributed by atoms with E-state index in [4.69, 9.17) is 24.2 Å². The fourth-order valence-corrected chi connectivity index (χ4v) is 4.85. The molecule has 0 aromatic heterocycles. The molecule has 6 atom stereocenters. The minimum Gasteiger partial charge on any atom is -0.388 e. The third kappa shape index (κ3) is 6.97. The molecule has 16 heteroatoms. The molecule has 23 heavy (non-hydrogen) atoms. The zero-order chi connectivity index (χ0) is 18.1. The molecule has 0 aromatic rings. The van der Waals surface area contributed by atoms with Gasteiger partial charge >= 0.3 is 23.5 Å². The Hall–Kier alpha value is 0.290. The number of hydrogen-bond donors (Lipinski definition) is 5. The molecular formula is C7H17O13P3. The lowest BCUT2D eigenvalue weighted by Gasteiger charge is -2.20. The maximum atomic E-state index is 11.5. The van der Waals surface area contributed by atoms with E-state index in [1.54, 1.807) is 0 Å². The third-order valence-corrected chi connectivity index (χ3v) is 6.47. The monoisotopic (exact) mass is 402 g/mol. The molecular weight excluding hydrogens is 385 g/mol. The van der Waals surface area contributed by atoms with Gasteiger partial charge in [0.1, 0.15) is 18.3 Å². The van der Waals surface area contributed by atoms with Gasteiger partial charge in [-0.15, -0.1) is 0 Å². The van der Waals surface area contributed by atoms with Crippen LogP contribution >= 0.6 is 23.5 Å². The highest BCUT2D eigenvalue weighted by Gasteiger charge is 2.45. The fourth-order valence-electron chi connectivity index (χ4n) is 1.82. The van der Waals surface area contributed by atoms with Crippen LogP contribution in [0.15, 0.2) is 0 Å². The van der Waals surface area contributed by atoms with E-state index < -0.39 is 54.5 Å². The molecule has 1 heterocycles. The van der Waals surface area contributed by atoms with Crippen LogP contribution < -0.4 is 0 Å². The maximum absolute atomic E-state index is 11.5. The minimum absolute atomic E-state index is 0.658. The molecule has 138 valence electrons. The van der Waals surface area contributed by atoms with Gasteiger partial charge in [-0.05, 0) is 6.92 Å². The lowest BCUT2D eigenvalue weighted by molar-refractivity contribution is -0.0336. The van der Waals surface area contributed by atoms with E-state index in [2.05, 4.69) is 13.1 Å². The van der Waals surface area contributed by atoms with Crippen molar-refractivity contribution in [1.82, 2.24) is 0 Å². The number of phosphoric acid groups is 3. The highest BCUT2D eigenvalue weighted by atomic mass is 31.3. The topological polar surface area (TPSA) is 199 Å². The van der Waals surface area contributed by atoms with E-state index in [1.165, 1.54) is 14.0 Å². The number of aliphatic hydroxyl groups is 1. The maximum Gasteiger partial charge on any atom is 0.490 e. The largest absolute Gasteiger partial charge is 0.490 e. The first-order valence-corrected chi connectivity index (χ1v) is 10.4. The first-order valence-electron chi connectivity index (χ1n) is 5.91. The van der Waals surface area contributed by atoms with Gasteiger partial charge in [0.2, 0.25) is 0 Å². The van der Waals surface area contributed by atoms with Crippen molar-refractivity contribution < 1.29 is 61.0 Å². The summed E-state index contributed by atoms with van der Waals surface area (Å²) in [6, 6.07) is 0. The van der Waals surface area contributed by atoms with Gasteiger partial charge in [-0.3, -0.25) is 4.52 Å². The molecule has 1 fully saturated rings. The van der Waals surface area contributed by atoms with Gasteiger partial charge in [-0.1, -0.05) is 0 Å². The van der Waals surface area contributed by atoms with E-state index in [1.807, 2.05) is 0 Å². The molecule has 1 rings (SSSR count). The first kappa shape index (κ1) is 21.3. The molecule has 0 spiro atoms. The molecule has 5 N–H and O–H groups in total. The average molecular weight is 402 g/mol. The summed E-state index contributed by atoms with van der Waals surface area (Å²) in [6.07, 6.45) is -3.57. The number of rotatable bonds is 8. The van der Waals surface area contributed by atoms with Crippen molar-refractivity contribution in [2.24, 2.45) is 0 Å². The molecule has 1 saturated heterocycles. The predicted molar refractivity (Wildman–Crippen MR) is 71.0 cm³/mol. The Kier molecular flexibility index (Phi) is 7.12. The minimum atomic E-state index is -5.57. The van der Waals surface area contributed by atoms with Crippen molar-refractivity contribution in [3.63, 3.8) is 0 Å². The molecule has 0 amide bonds. The van der Waals surface area contributed by atoms with Crippen LogP contribution in [0, 0.1) is 0 Å². The summed E-state index contributed by atoms with van der Waals surface area (Å²) in [7, 11) is -15.0. The lowest BCUT2D eigenvalue weighted by Crippen LogP contribution is -2.35. The third-order valence-electron chi connectivity index (χ3n) is 2.66. The standard InChI is InChI=1S/C7H17O13P3/c1-4-6(8)7(16-2)5(18-4)3-17-22(12,13)20-23(14,15)19-21(9,10)11/h4-8H,3H2,1-2H3,(H,12,13)(H,14,15)(H2,9,10,11)/t4-,5+,6+,7?/m0/s1. The fraction of sp³-hybridized carbons (Fsp3) is 1.00. The molecule has 0 saturated carbocycles. The smallest absolute Gasteiger partial charge is 0.388 e. The van der Waals surface area contributed by atoms with Gasteiger partial charge in [-0.25, -0.2) is 13.7 Å². The molecule has 0 aliphatic carbocycles. The molecule has 13 nitrogen and oxygen atoms in total. The Bertz CT molecular complexity index is 544. The summed E-state index contributed by atoms with van der Waals surface area (Å²) in [5.41, 5.74) is 0. The van der Waals surface area contributed by atoms with Crippen LogP contribution in [-0.2, 0) is 36.3 Å². The Labute approximate surface area is 130 Å². The molecule has 1 aliphatic heterocycles. The summed E-state index contributed by atoms with van der Waals surface area (Å²) in [4.78, 5) is 35.0. The van der Waals surface area contributed by atoms with Crippen molar-refractivity contribution in [1.29, 1.82) is 0 Å². The number of ether oxygens (including phenoxy) is 2. The van der Waals surface area contributed by atoms with Gasteiger partial charge in [0.15, 0.2) is 0 Å². The van der Waals surface area contributed by atoms with Gasteiger partial charge in [0, 0.05) is 7.11 Å². The van der Waals surface area contributed by atoms with Crippen molar-refractivity contribution in [3.8, 4) is 0 Å². The van der Waals surface area contributed by atoms with Crippen LogP contribution in [-0.4, -0.2) is 62.8 Å². The highest BCUT2D eigenvalue weighted by Crippen LogP contribution is 2.66. The van der Waals surface area contributed by atoms with Crippen LogP contribution in [0.2, 0.25) is 0 Å². The molecule has 0 radical (unpaired) electrons. The van der Waals surface area contributed by atoms with Gasteiger partial charge in [-0.2, -0.15) is 8.62 Å². The van der Waals surface area contributed by atoms with Crippen molar-refractivity contribution >= 4 is 23.5 Å². The molecule has 0 aromatic carbocycles. The van der Waals surface area contributed by atoms with E-state index in [-0.39, 0.29) is 0 Å². The van der Waals surface area contributed by atoms with Gasteiger partial charge < -0.3 is 34.2 Å². The molecule has 3 unspecified atom stereocenters. The highest BCUT2D eigenvalue weighted by molar-refractivity contribution is 7.66. The van der Waals surface area contributed by atoms with E-state index >= 15 is 0 Å². The second-order valence-electron chi connectivity index (χ2n) is 4.46. The van der Waals surface area contributed by atoms with Gasteiger partial charge in [0.05, 0.1) is 12.7 Å². The number of methoxy groups -OCH3 is 1. The van der Waals surface area contributed by atoms with Crippen LogP contribution in [0.3, 0.4) is 0 Å². The SMILES string of the molecule is COC1[C@@H](COP(=O)(O)OP(=O)(O)OP(=O)(O)O)O[C@@H](C)[C@H]1O. The van der Waals surface area contributed by atoms with Gasteiger partial charge in [0.25, 0.3) is 0 Å². The summed E-state index contributed by atoms with van der Waals surface area (Å²) in [5.74, 6) is 0. The summed E-state index contributed by atoms with van der Waals surface area (Å²) >= 11 is 0. The summed E-state index contributed by atoms with van der Waals surface area (Å²) < 4.78 is 54.7. The normalized spacial score (nSPS) is 34.0. The Morgan fingerprint density at radius 3 is 2.09 bits per heavy atom. The second kappa shape index (κ2) is 7.67. The summed E-state index contributed by atoms with van der Waals surface area (Å²) in [5, 5.41) is 9.71. The van der Waals surface area contributed by atoms with Crippen molar-refractivity contribution in [2.75, 3.05) is 13.7 Å². The van der Waals surface area contributed by atoms with Crippen molar-refractivity contribution in [3.05, 3.63) is 0 Å². The Morgan fingerprint density at radius 2 is 1.61 bits per heavy atom. The first-order chi connectivity index (χ1) is 10.3. The average Bonchev–Trinajstić information content (AvgIpc) is 2.57. The second-order valence-corrected chi connectivity index (χ2v) is 8.88. The quantitative estimate of drug-likeness (QED) is 0.326. The zero-order valence-electron chi connectivity index (χ0n) is 11.9. The molecule has 0 bridgehead atoms. The van der Waals surface area contributed by atoms with E-state index in [0.717, 1.165) is 0 Å². The van der Waals surface area contributed by atoms with Crippen LogP contribution in [0.1, 0.15) is 6.92 Å². The van der Waals surface area contributed by atoms with Crippen LogP contribution in [0.4, 0.5) is 0 Å². The Balaban J connectivity index is 2.64. The predicted octanol–water partition coefficient (Wildman–Crippen LogP) is -0.507. The zero-order valence-corrected chi connectivity index (χ0v) is 14.5. The summed E-state index contributed by atoms with van der Waals surface area (Å²) in [6.45, 7) is 0.838. The van der Waals surface area contributed by atoms with Crippen LogP contribution in [0.5, 0.6) is 0 Å². The number of aliphatic hydroxyl groups excluding tert-OH is 1. The molecule has 1 aliphatic rings. The van der Waals surface area contributed by atoms with E-state index in [0.29, 0.717) is 0 Å². The lowest BCUT2D eigenvalue weighted by atomic mass is 10.1. The van der Waals surface area contributed by atoms with E-state index in [9.17, 15) is 23.7 Å². The number of hydrogen-bond acceptors (Lipinski definition) is 9. The van der Waals surface area contributed by atoms with Crippen LogP contribution in [0.25, 0.3) is 0 Å². The van der Waals surface area contributed by atoms with Crippen molar-refractivity contribution in [2.45, 2.75) is 31.3 Å².